The first kappa shape index (κ1) is 12.9. The molecular formula is C9H14N4O4. The molecule has 0 aromatic carbocycles. The van der Waals surface area contributed by atoms with E-state index in [9.17, 15) is 14.9 Å². The van der Waals surface area contributed by atoms with E-state index in [4.69, 9.17) is 5.11 Å². The summed E-state index contributed by atoms with van der Waals surface area (Å²) in [7, 11) is 1.58. The standard InChI is InChI=1S/C9H14N4O4/c1-3-12(5-4-8(14)15)9-7(13(16)17)6-11(2)10-9/h6H,3-5H2,1-2H3,(H,14,15). The summed E-state index contributed by atoms with van der Waals surface area (Å²) in [5.41, 5.74) is -0.111. The third kappa shape index (κ3) is 3.16. The summed E-state index contributed by atoms with van der Waals surface area (Å²) in [5.74, 6) is -0.733. The van der Waals surface area contributed by atoms with Crippen molar-refractivity contribution >= 4 is 17.5 Å². The number of carboxylic acid groups (broad SMARTS) is 1. The van der Waals surface area contributed by atoms with Crippen LogP contribution in [0.25, 0.3) is 0 Å². The normalized spacial score (nSPS) is 10.2. The van der Waals surface area contributed by atoms with Gasteiger partial charge in [-0.25, -0.2) is 0 Å². The molecule has 0 saturated carbocycles. The molecule has 0 unspecified atom stereocenters. The Morgan fingerprint density at radius 3 is 2.82 bits per heavy atom. The third-order valence-electron chi connectivity index (χ3n) is 2.26. The zero-order valence-corrected chi connectivity index (χ0v) is 9.66. The Labute approximate surface area is 97.6 Å². The number of hydrogen-bond donors (Lipinski definition) is 1. The largest absolute Gasteiger partial charge is 0.481 e. The molecule has 1 N–H and O–H groups in total. The Hall–Kier alpha value is -2.12. The van der Waals surface area contributed by atoms with Gasteiger partial charge in [0, 0.05) is 20.1 Å². The van der Waals surface area contributed by atoms with Gasteiger partial charge in [0.05, 0.1) is 11.3 Å². The second-order valence-electron chi connectivity index (χ2n) is 3.49. The minimum absolute atomic E-state index is 0.0818. The van der Waals surface area contributed by atoms with Gasteiger partial charge in [-0.1, -0.05) is 0 Å². The van der Waals surface area contributed by atoms with Crippen molar-refractivity contribution in [2.75, 3.05) is 18.0 Å². The molecule has 1 aromatic rings. The number of aliphatic carboxylic acids is 1. The smallest absolute Gasteiger partial charge is 0.330 e. The van der Waals surface area contributed by atoms with Crippen molar-refractivity contribution in [2.24, 2.45) is 7.05 Å². The van der Waals surface area contributed by atoms with Gasteiger partial charge in [-0.3, -0.25) is 19.6 Å². The van der Waals surface area contributed by atoms with Crippen molar-refractivity contribution in [1.29, 1.82) is 0 Å². The van der Waals surface area contributed by atoms with Gasteiger partial charge in [-0.2, -0.15) is 0 Å². The summed E-state index contributed by atoms with van der Waals surface area (Å²) >= 11 is 0. The van der Waals surface area contributed by atoms with E-state index in [-0.39, 0.29) is 24.5 Å². The Kier molecular flexibility index (Phi) is 4.02. The van der Waals surface area contributed by atoms with E-state index >= 15 is 0 Å². The lowest BCUT2D eigenvalue weighted by molar-refractivity contribution is -0.384. The maximum Gasteiger partial charge on any atom is 0.330 e. The summed E-state index contributed by atoms with van der Waals surface area (Å²) in [6.07, 6.45) is 1.22. The molecule has 0 fully saturated rings. The highest BCUT2D eigenvalue weighted by atomic mass is 16.6. The number of nitro groups is 1. The molecule has 0 atom stereocenters. The SMILES string of the molecule is CCN(CCC(=O)O)c1nn(C)cc1[N+](=O)[O-]. The molecule has 0 saturated heterocycles. The summed E-state index contributed by atoms with van der Waals surface area (Å²) in [5, 5.41) is 23.4. The first-order valence-corrected chi connectivity index (χ1v) is 5.10. The van der Waals surface area contributed by atoms with Gasteiger partial charge in [-0.15, -0.1) is 5.10 Å². The Balaban J connectivity index is 2.94. The Morgan fingerprint density at radius 2 is 2.35 bits per heavy atom. The van der Waals surface area contributed by atoms with Crippen molar-refractivity contribution in [1.82, 2.24) is 9.78 Å². The number of carboxylic acids is 1. The summed E-state index contributed by atoms with van der Waals surface area (Å²) in [6, 6.07) is 0. The van der Waals surface area contributed by atoms with Gasteiger partial charge in [0.1, 0.15) is 6.20 Å². The number of rotatable bonds is 6. The lowest BCUT2D eigenvalue weighted by Crippen LogP contribution is -2.26. The van der Waals surface area contributed by atoms with Crippen LogP contribution in [0.3, 0.4) is 0 Å². The molecule has 1 aromatic heterocycles. The molecule has 1 rings (SSSR count). The summed E-state index contributed by atoms with van der Waals surface area (Å²) in [4.78, 5) is 22.3. The topological polar surface area (TPSA) is 102 Å². The van der Waals surface area contributed by atoms with Gasteiger partial charge in [0.2, 0.25) is 5.82 Å². The second kappa shape index (κ2) is 5.28. The predicted octanol–water partition coefficient (Wildman–Crippen LogP) is 0.629. The van der Waals surface area contributed by atoms with Crippen LogP contribution in [0, 0.1) is 10.1 Å². The average molecular weight is 242 g/mol. The molecule has 94 valence electrons. The molecule has 0 aliphatic heterocycles. The van der Waals surface area contributed by atoms with Crippen LogP contribution in [0.4, 0.5) is 11.5 Å². The fraction of sp³-hybridized carbons (Fsp3) is 0.556. The van der Waals surface area contributed by atoms with E-state index in [0.29, 0.717) is 6.54 Å². The minimum Gasteiger partial charge on any atom is -0.481 e. The van der Waals surface area contributed by atoms with Crippen molar-refractivity contribution in [3.63, 3.8) is 0 Å². The predicted molar refractivity (Wildman–Crippen MR) is 60.0 cm³/mol. The van der Waals surface area contributed by atoms with Gasteiger partial charge in [0.25, 0.3) is 0 Å². The Bertz CT molecular complexity index is 429. The highest BCUT2D eigenvalue weighted by Gasteiger charge is 2.23. The van der Waals surface area contributed by atoms with Crippen molar-refractivity contribution in [3.05, 3.63) is 16.3 Å². The molecule has 0 spiro atoms. The fourth-order valence-corrected chi connectivity index (χ4v) is 1.46. The quantitative estimate of drug-likeness (QED) is 0.579. The van der Waals surface area contributed by atoms with Gasteiger partial charge in [-0.05, 0) is 6.92 Å². The van der Waals surface area contributed by atoms with Crippen molar-refractivity contribution < 1.29 is 14.8 Å². The summed E-state index contributed by atoms with van der Waals surface area (Å²) in [6.45, 7) is 2.45. The van der Waals surface area contributed by atoms with Crippen LogP contribution < -0.4 is 4.90 Å². The third-order valence-corrected chi connectivity index (χ3v) is 2.26. The molecule has 0 radical (unpaired) electrons. The maximum atomic E-state index is 10.8. The zero-order valence-electron chi connectivity index (χ0n) is 9.66. The molecule has 0 amide bonds. The van der Waals surface area contributed by atoms with Crippen LogP contribution in [0.2, 0.25) is 0 Å². The van der Waals surface area contributed by atoms with E-state index < -0.39 is 10.9 Å². The molecule has 0 aliphatic rings. The number of aromatic nitrogens is 2. The molecule has 8 heteroatoms. The lowest BCUT2D eigenvalue weighted by Gasteiger charge is -2.18. The van der Waals surface area contributed by atoms with E-state index in [1.54, 1.807) is 18.9 Å². The van der Waals surface area contributed by atoms with Gasteiger partial charge < -0.3 is 10.0 Å². The number of hydrogen-bond acceptors (Lipinski definition) is 5. The van der Waals surface area contributed by atoms with Gasteiger partial charge >= 0.3 is 11.7 Å². The average Bonchev–Trinajstić information content (AvgIpc) is 2.61. The molecule has 0 aliphatic carbocycles. The number of nitrogens with zero attached hydrogens (tertiary/aromatic N) is 4. The maximum absolute atomic E-state index is 10.8. The van der Waals surface area contributed by atoms with Gasteiger partial charge in [0.15, 0.2) is 0 Å². The van der Waals surface area contributed by atoms with Crippen LogP contribution in [0.1, 0.15) is 13.3 Å². The van der Waals surface area contributed by atoms with Crippen LogP contribution in [-0.4, -0.2) is 38.9 Å². The van der Waals surface area contributed by atoms with E-state index in [1.165, 1.54) is 10.9 Å². The molecule has 0 bridgehead atoms. The van der Waals surface area contributed by atoms with Crippen molar-refractivity contribution in [2.45, 2.75) is 13.3 Å². The monoisotopic (exact) mass is 242 g/mol. The zero-order chi connectivity index (χ0) is 13.0. The minimum atomic E-state index is -0.943. The summed E-state index contributed by atoms with van der Waals surface area (Å²) < 4.78 is 1.34. The lowest BCUT2D eigenvalue weighted by atomic mass is 10.3. The second-order valence-corrected chi connectivity index (χ2v) is 3.49. The number of aryl methyl sites for hydroxylation is 1. The molecule has 8 nitrogen and oxygen atoms in total. The number of carbonyl (C=O) groups is 1. The highest BCUT2D eigenvalue weighted by Crippen LogP contribution is 2.25. The number of anilines is 1. The van der Waals surface area contributed by atoms with Crippen LogP contribution >= 0.6 is 0 Å². The van der Waals surface area contributed by atoms with Crippen LogP contribution in [0.15, 0.2) is 6.20 Å². The molecular weight excluding hydrogens is 228 g/mol. The Morgan fingerprint density at radius 1 is 1.71 bits per heavy atom. The van der Waals surface area contributed by atoms with E-state index in [0.717, 1.165) is 0 Å². The first-order chi connectivity index (χ1) is 7.95. The molecule has 17 heavy (non-hydrogen) atoms. The highest BCUT2D eigenvalue weighted by molar-refractivity contribution is 5.68. The fourth-order valence-electron chi connectivity index (χ4n) is 1.46. The van der Waals surface area contributed by atoms with E-state index in [2.05, 4.69) is 5.10 Å². The van der Waals surface area contributed by atoms with E-state index in [1.807, 2.05) is 0 Å². The van der Waals surface area contributed by atoms with Crippen LogP contribution in [-0.2, 0) is 11.8 Å². The van der Waals surface area contributed by atoms with Crippen LogP contribution in [0.5, 0.6) is 0 Å². The van der Waals surface area contributed by atoms with Crippen molar-refractivity contribution in [3.8, 4) is 0 Å². The first-order valence-electron chi connectivity index (χ1n) is 5.10. The molecule has 1 heterocycles.